The smallest absolute Gasteiger partial charge is 0.259 e. The fourth-order valence-electron chi connectivity index (χ4n) is 2.05. The molecular weight excluding hydrogens is 302 g/mol. The number of benzene rings is 1. The number of H-pyrrole nitrogens is 1. The van der Waals surface area contributed by atoms with E-state index in [9.17, 15) is 10.1 Å². The molecule has 0 aliphatic carbocycles. The van der Waals surface area contributed by atoms with E-state index in [0.29, 0.717) is 34.8 Å². The highest BCUT2D eigenvalue weighted by Gasteiger charge is 2.13. The van der Waals surface area contributed by atoms with Crippen LogP contribution in [0.4, 0.5) is 0 Å². The lowest BCUT2D eigenvalue weighted by Gasteiger charge is -2.13. The lowest BCUT2D eigenvalue weighted by molar-refractivity contribution is 0.724. The lowest BCUT2D eigenvalue weighted by Crippen LogP contribution is -2.28. The summed E-state index contributed by atoms with van der Waals surface area (Å²) in [6.07, 6.45) is 0. The molecule has 0 aliphatic heterocycles. The van der Waals surface area contributed by atoms with Gasteiger partial charge >= 0.3 is 0 Å². The third-order valence-corrected chi connectivity index (χ3v) is 3.21. The van der Waals surface area contributed by atoms with Crippen LogP contribution in [0.3, 0.4) is 0 Å². The van der Waals surface area contributed by atoms with E-state index in [4.69, 9.17) is 11.6 Å². The Morgan fingerprint density at radius 1 is 1.36 bits per heavy atom. The maximum absolute atomic E-state index is 12.2. The zero-order chi connectivity index (χ0) is 16.1. The van der Waals surface area contributed by atoms with E-state index in [2.05, 4.69) is 26.7 Å². The van der Waals surface area contributed by atoms with Crippen LogP contribution in [-0.4, -0.2) is 23.1 Å². The Bertz CT molecular complexity index is 811. The van der Waals surface area contributed by atoms with Crippen molar-refractivity contribution in [1.82, 2.24) is 20.6 Å². The first-order valence-corrected chi connectivity index (χ1v) is 7.30. The number of hydrogen-bond acceptors (Lipinski definition) is 5. The summed E-state index contributed by atoms with van der Waals surface area (Å²) in [5.74, 6) is 0.746. The van der Waals surface area contributed by atoms with Crippen LogP contribution in [0.5, 0.6) is 0 Å². The van der Waals surface area contributed by atoms with E-state index in [0.717, 1.165) is 0 Å². The van der Waals surface area contributed by atoms with Crippen molar-refractivity contribution in [2.45, 2.75) is 13.8 Å². The van der Waals surface area contributed by atoms with Gasteiger partial charge in [0.05, 0.1) is 10.9 Å². The van der Waals surface area contributed by atoms with E-state index in [1.807, 2.05) is 13.8 Å². The van der Waals surface area contributed by atoms with Crippen molar-refractivity contribution in [1.29, 1.82) is 5.26 Å². The molecule has 0 amide bonds. The standard InChI is InChI=1S/C15H16ClN5O/c1-3-18-13(19-4-2)11(8-17)14-20-12-7-9(16)5-6-10(12)15(22)21-14/h5-7,18-19H,3-4H2,1-2H3,(H,20,21,22). The van der Waals surface area contributed by atoms with Gasteiger partial charge in [0.2, 0.25) is 0 Å². The molecule has 0 fully saturated rings. The summed E-state index contributed by atoms with van der Waals surface area (Å²) >= 11 is 5.94. The van der Waals surface area contributed by atoms with E-state index in [1.54, 1.807) is 18.2 Å². The lowest BCUT2D eigenvalue weighted by atomic mass is 10.2. The molecule has 114 valence electrons. The SMILES string of the molecule is CCNC(NCC)=C(C#N)c1nc2cc(Cl)ccc2c(=O)[nH]1. The number of halogens is 1. The minimum atomic E-state index is -0.309. The van der Waals surface area contributed by atoms with Gasteiger partial charge in [-0.3, -0.25) is 4.79 Å². The van der Waals surface area contributed by atoms with Crippen molar-refractivity contribution in [2.75, 3.05) is 13.1 Å². The highest BCUT2D eigenvalue weighted by Crippen LogP contribution is 2.17. The normalized spacial score (nSPS) is 10.1. The average Bonchev–Trinajstić information content (AvgIpc) is 2.48. The first-order chi connectivity index (χ1) is 10.6. The van der Waals surface area contributed by atoms with Gasteiger partial charge in [0, 0.05) is 18.1 Å². The number of hydrogen-bond donors (Lipinski definition) is 3. The first-order valence-electron chi connectivity index (χ1n) is 6.92. The van der Waals surface area contributed by atoms with Gasteiger partial charge in [0.1, 0.15) is 17.5 Å². The molecule has 1 aromatic carbocycles. The quantitative estimate of drug-likeness (QED) is 0.733. The monoisotopic (exact) mass is 317 g/mol. The van der Waals surface area contributed by atoms with Crippen LogP contribution < -0.4 is 16.2 Å². The van der Waals surface area contributed by atoms with Crippen molar-refractivity contribution < 1.29 is 0 Å². The number of rotatable bonds is 5. The van der Waals surface area contributed by atoms with Crippen molar-refractivity contribution >= 4 is 28.1 Å². The second kappa shape index (κ2) is 6.96. The van der Waals surface area contributed by atoms with Gasteiger partial charge in [0.25, 0.3) is 5.56 Å². The second-order valence-corrected chi connectivity index (χ2v) is 4.93. The predicted molar refractivity (Wildman–Crippen MR) is 87.3 cm³/mol. The number of nitrogens with one attached hydrogen (secondary N) is 3. The Morgan fingerprint density at radius 2 is 2.05 bits per heavy atom. The molecule has 0 atom stereocenters. The van der Waals surface area contributed by atoms with Gasteiger partial charge in [-0.2, -0.15) is 5.26 Å². The molecule has 6 nitrogen and oxygen atoms in total. The summed E-state index contributed by atoms with van der Waals surface area (Å²) in [6, 6.07) is 6.92. The van der Waals surface area contributed by atoms with Crippen LogP contribution in [0, 0.1) is 11.3 Å². The molecule has 7 heteroatoms. The van der Waals surface area contributed by atoms with Crippen LogP contribution >= 0.6 is 11.6 Å². The topological polar surface area (TPSA) is 93.6 Å². The number of fused-ring (bicyclic) bond motifs is 1. The Kier molecular flexibility index (Phi) is 5.02. The second-order valence-electron chi connectivity index (χ2n) is 4.50. The van der Waals surface area contributed by atoms with Crippen LogP contribution in [0.15, 0.2) is 28.8 Å². The Hall–Kier alpha value is -2.52. The summed E-state index contributed by atoms with van der Waals surface area (Å²) in [5, 5.41) is 16.5. The van der Waals surface area contributed by atoms with Crippen LogP contribution in [0.1, 0.15) is 19.7 Å². The Balaban J connectivity index is 2.68. The fraction of sp³-hybridized carbons (Fsp3) is 0.267. The van der Waals surface area contributed by atoms with Gasteiger partial charge < -0.3 is 15.6 Å². The minimum absolute atomic E-state index is 0.208. The van der Waals surface area contributed by atoms with Crippen LogP contribution in [0.2, 0.25) is 5.02 Å². The zero-order valence-electron chi connectivity index (χ0n) is 12.3. The summed E-state index contributed by atoms with van der Waals surface area (Å²) < 4.78 is 0. The molecule has 22 heavy (non-hydrogen) atoms. The van der Waals surface area contributed by atoms with E-state index in [-0.39, 0.29) is 17.0 Å². The number of aromatic nitrogens is 2. The van der Waals surface area contributed by atoms with Crippen LogP contribution in [0.25, 0.3) is 16.5 Å². The molecule has 0 radical (unpaired) electrons. The third-order valence-electron chi connectivity index (χ3n) is 2.97. The Morgan fingerprint density at radius 3 is 2.64 bits per heavy atom. The summed E-state index contributed by atoms with van der Waals surface area (Å²) in [4.78, 5) is 19.2. The largest absolute Gasteiger partial charge is 0.371 e. The molecule has 1 aromatic heterocycles. The van der Waals surface area contributed by atoms with Crippen LogP contribution in [-0.2, 0) is 0 Å². The predicted octanol–water partition coefficient (Wildman–Crippen LogP) is 1.99. The zero-order valence-corrected chi connectivity index (χ0v) is 13.1. The molecule has 1 heterocycles. The minimum Gasteiger partial charge on any atom is -0.371 e. The van der Waals surface area contributed by atoms with Crippen molar-refractivity contribution in [3.8, 4) is 6.07 Å². The van der Waals surface area contributed by atoms with Crippen molar-refractivity contribution in [3.05, 3.63) is 45.2 Å². The number of nitrogens with zero attached hydrogens (tertiary/aromatic N) is 2. The molecule has 2 aromatic rings. The first kappa shape index (κ1) is 15.9. The number of aromatic amines is 1. The molecule has 2 rings (SSSR count). The van der Waals surface area contributed by atoms with E-state index >= 15 is 0 Å². The van der Waals surface area contributed by atoms with Crippen molar-refractivity contribution in [2.24, 2.45) is 0 Å². The third kappa shape index (κ3) is 3.21. The molecule has 0 unspecified atom stereocenters. The molecule has 0 saturated heterocycles. The summed E-state index contributed by atoms with van der Waals surface area (Å²) in [6.45, 7) is 5.11. The van der Waals surface area contributed by atoms with Gasteiger partial charge in [-0.15, -0.1) is 0 Å². The highest BCUT2D eigenvalue weighted by atomic mass is 35.5. The van der Waals surface area contributed by atoms with Gasteiger partial charge in [0.15, 0.2) is 5.82 Å². The van der Waals surface area contributed by atoms with Gasteiger partial charge in [-0.05, 0) is 32.0 Å². The van der Waals surface area contributed by atoms with Gasteiger partial charge in [-0.25, -0.2) is 4.98 Å². The average molecular weight is 318 g/mol. The molecular formula is C15H16ClN5O. The summed E-state index contributed by atoms with van der Waals surface area (Å²) in [5.41, 5.74) is 0.394. The number of allylic oxidation sites excluding steroid dienone is 1. The van der Waals surface area contributed by atoms with Gasteiger partial charge in [-0.1, -0.05) is 11.6 Å². The van der Waals surface area contributed by atoms with E-state index in [1.165, 1.54) is 0 Å². The van der Waals surface area contributed by atoms with E-state index < -0.39 is 0 Å². The van der Waals surface area contributed by atoms with Crippen molar-refractivity contribution in [3.63, 3.8) is 0 Å². The molecule has 0 aliphatic rings. The maximum Gasteiger partial charge on any atom is 0.259 e. The summed E-state index contributed by atoms with van der Waals surface area (Å²) in [7, 11) is 0. The fourth-order valence-corrected chi connectivity index (χ4v) is 2.22. The molecule has 0 spiro atoms. The number of nitriles is 1. The molecule has 0 bridgehead atoms. The maximum atomic E-state index is 12.2. The molecule has 3 N–H and O–H groups in total. The Labute approximate surface area is 132 Å². The highest BCUT2D eigenvalue weighted by molar-refractivity contribution is 6.31. The molecule has 0 saturated carbocycles.